The molecule has 0 fully saturated rings. The molecule has 0 aliphatic rings. The minimum Gasteiger partial charge on any atom is -0.545 e. The molecule has 0 unspecified atom stereocenters. The number of carbonyl (C=O) groups is 3. The SMILES string of the molecule is CC[C@H](C(=O)Nc1ccc(C(=O)[O-])cc1NC(=O)[C@@H](CC)c1ccccc1)c1ccccc1. The number of anilines is 2. The molecule has 2 atom stereocenters. The molecule has 0 bridgehead atoms. The Kier molecular flexibility index (Phi) is 7.97. The number of carbonyl (C=O) groups excluding carboxylic acids is 3. The molecule has 0 spiro atoms. The first-order valence-electron chi connectivity index (χ1n) is 11.0. The highest BCUT2D eigenvalue weighted by Gasteiger charge is 2.22. The van der Waals surface area contributed by atoms with Gasteiger partial charge in [0.15, 0.2) is 0 Å². The number of benzene rings is 3. The predicted octanol–water partition coefficient (Wildman–Crippen LogP) is 4.31. The molecule has 0 aliphatic carbocycles. The molecule has 0 radical (unpaired) electrons. The maximum absolute atomic E-state index is 13.1. The predicted molar refractivity (Wildman–Crippen MR) is 127 cm³/mol. The summed E-state index contributed by atoms with van der Waals surface area (Å²) in [5.41, 5.74) is 2.19. The largest absolute Gasteiger partial charge is 0.545 e. The van der Waals surface area contributed by atoms with Crippen molar-refractivity contribution in [1.29, 1.82) is 0 Å². The molecule has 6 nitrogen and oxygen atoms in total. The molecule has 2 amide bonds. The topological polar surface area (TPSA) is 98.3 Å². The fourth-order valence-electron chi connectivity index (χ4n) is 3.84. The maximum atomic E-state index is 13.1. The summed E-state index contributed by atoms with van der Waals surface area (Å²) >= 11 is 0. The molecule has 6 heteroatoms. The van der Waals surface area contributed by atoms with Crippen LogP contribution in [0, 0.1) is 0 Å². The van der Waals surface area contributed by atoms with Gasteiger partial charge in [-0.2, -0.15) is 0 Å². The number of amides is 2. The van der Waals surface area contributed by atoms with E-state index in [1.807, 2.05) is 74.5 Å². The highest BCUT2D eigenvalue weighted by Crippen LogP contribution is 2.29. The second kappa shape index (κ2) is 11.1. The fourth-order valence-corrected chi connectivity index (χ4v) is 3.84. The number of carboxylic acid groups (broad SMARTS) is 1. The number of hydrogen-bond donors (Lipinski definition) is 2. The van der Waals surface area contributed by atoms with Crippen molar-refractivity contribution in [1.82, 2.24) is 0 Å². The first kappa shape index (κ1) is 23.7. The Hall–Kier alpha value is -3.93. The second-order valence-corrected chi connectivity index (χ2v) is 7.77. The molecular formula is C27H27N2O4-. The van der Waals surface area contributed by atoms with Crippen LogP contribution in [0.3, 0.4) is 0 Å². The first-order valence-corrected chi connectivity index (χ1v) is 11.0. The van der Waals surface area contributed by atoms with Crippen LogP contribution in [-0.4, -0.2) is 17.8 Å². The zero-order chi connectivity index (χ0) is 23.8. The number of hydrogen-bond acceptors (Lipinski definition) is 4. The van der Waals surface area contributed by atoms with Gasteiger partial charge in [0.25, 0.3) is 0 Å². The summed E-state index contributed by atoms with van der Waals surface area (Å²) in [7, 11) is 0. The maximum Gasteiger partial charge on any atom is 0.231 e. The van der Waals surface area contributed by atoms with Gasteiger partial charge in [0.2, 0.25) is 11.8 Å². The summed E-state index contributed by atoms with van der Waals surface area (Å²) in [6.07, 6.45) is 1.14. The fraction of sp³-hybridized carbons (Fsp3) is 0.222. The van der Waals surface area contributed by atoms with Crippen LogP contribution in [0.15, 0.2) is 78.9 Å². The zero-order valence-electron chi connectivity index (χ0n) is 18.7. The molecule has 0 saturated heterocycles. The van der Waals surface area contributed by atoms with E-state index in [-0.39, 0.29) is 29.0 Å². The number of nitrogens with one attached hydrogen (secondary N) is 2. The van der Waals surface area contributed by atoms with Crippen molar-refractivity contribution in [2.45, 2.75) is 38.5 Å². The van der Waals surface area contributed by atoms with Crippen LogP contribution < -0.4 is 15.7 Å². The van der Waals surface area contributed by atoms with E-state index in [1.165, 1.54) is 18.2 Å². The van der Waals surface area contributed by atoms with Gasteiger partial charge in [0.1, 0.15) is 0 Å². The Morgan fingerprint density at radius 1 is 0.697 bits per heavy atom. The molecule has 3 aromatic carbocycles. The van der Waals surface area contributed by atoms with Gasteiger partial charge < -0.3 is 20.5 Å². The quantitative estimate of drug-likeness (QED) is 0.515. The van der Waals surface area contributed by atoms with Crippen molar-refractivity contribution in [3.8, 4) is 0 Å². The van der Waals surface area contributed by atoms with Gasteiger partial charge in [-0.3, -0.25) is 9.59 Å². The van der Waals surface area contributed by atoms with Crippen molar-refractivity contribution < 1.29 is 19.5 Å². The number of aromatic carboxylic acids is 1. The van der Waals surface area contributed by atoms with E-state index in [2.05, 4.69) is 10.6 Å². The van der Waals surface area contributed by atoms with Gasteiger partial charge in [-0.25, -0.2) is 0 Å². The van der Waals surface area contributed by atoms with Crippen molar-refractivity contribution >= 4 is 29.2 Å². The molecule has 0 aliphatic heterocycles. The summed E-state index contributed by atoms with van der Waals surface area (Å²) in [6, 6.07) is 22.9. The Balaban J connectivity index is 1.89. The first-order chi connectivity index (χ1) is 15.9. The van der Waals surface area contributed by atoms with E-state index in [0.29, 0.717) is 18.5 Å². The molecule has 2 N–H and O–H groups in total. The van der Waals surface area contributed by atoms with Gasteiger partial charge in [-0.15, -0.1) is 0 Å². The second-order valence-electron chi connectivity index (χ2n) is 7.77. The van der Waals surface area contributed by atoms with Gasteiger partial charge in [-0.1, -0.05) is 80.6 Å². The molecule has 0 heterocycles. The van der Waals surface area contributed by atoms with E-state index in [1.54, 1.807) is 0 Å². The minimum absolute atomic E-state index is 0.0915. The Morgan fingerprint density at radius 3 is 1.58 bits per heavy atom. The number of rotatable bonds is 9. The van der Waals surface area contributed by atoms with E-state index in [9.17, 15) is 19.5 Å². The van der Waals surface area contributed by atoms with Crippen LogP contribution in [0.25, 0.3) is 0 Å². The van der Waals surface area contributed by atoms with Crippen molar-refractivity contribution in [2.75, 3.05) is 10.6 Å². The molecule has 0 aromatic heterocycles. The summed E-state index contributed by atoms with van der Waals surface area (Å²) in [5.74, 6) is -2.70. The van der Waals surface area contributed by atoms with E-state index < -0.39 is 11.9 Å². The van der Waals surface area contributed by atoms with Crippen LogP contribution in [-0.2, 0) is 9.59 Å². The summed E-state index contributed by atoms with van der Waals surface area (Å²) < 4.78 is 0. The Morgan fingerprint density at radius 2 is 1.15 bits per heavy atom. The third kappa shape index (κ3) is 5.86. The normalized spacial score (nSPS) is 12.4. The average Bonchev–Trinajstić information content (AvgIpc) is 2.82. The highest BCUT2D eigenvalue weighted by atomic mass is 16.4. The lowest BCUT2D eigenvalue weighted by molar-refractivity contribution is -0.255. The Labute approximate surface area is 193 Å². The highest BCUT2D eigenvalue weighted by molar-refractivity contribution is 6.04. The summed E-state index contributed by atoms with van der Waals surface area (Å²) in [6.45, 7) is 3.83. The molecule has 170 valence electrons. The van der Waals surface area contributed by atoms with E-state index in [0.717, 1.165) is 11.1 Å². The molecule has 0 saturated carbocycles. The standard InChI is InChI=1S/C27H28N2O4/c1-3-21(18-11-7-5-8-12-18)25(30)28-23-16-15-20(27(32)33)17-24(23)29-26(31)22(4-2)19-13-9-6-10-14-19/h5-17,21-22H,3-4H2,1-2H3,(H,28,30)(H,29,31)(H,32,33)/p-1/t21-,22-/m0/s1. The van der Waals surface area contributed by atoms with Gasteiger partial charge >= 0.3 is 0 Å². The monoisotopic (exact) mass is 443 g/mol. The molecule has 3 aromatic rings. The van der Waals surface area contributed by atoms with Gasteiger partial charge in [0, 0.05) is 0 Å². The van der Waals surface area contributed by atoms with Crippen LogP contribution in [0.4, 0.5) is 11.4 Å². The van der Waals surface area contributed by atoms with Gasteiger partial charge in [0.05, 0.1) is 29.2 Å². The van der Waals surface area contributed by atoms with Crippen LogP contribution in [0.1, 0.15) is 60.0 Å². The van der Waals surface area contributed by atoms with Crippen molar-refractivity contribution in [3.05, 3.63) is 95.6 Å². The molecule has 33 heavy (non-hydrogen) atoms. The summed E-state index contributed by atoms with van der Waals surface area (Å²) in [4.78, 5) is 37.6. The van der Waals surface area contributed by atoms with Crippen LogP contribution in [0.5, 0.6) is 0 Å². The lowest BCUT2D eigenvalue weighted by Gasteiger charge is -2.20. The van der Waals surface area contributed by atoms with Gasteiger partial charge in [-0.05, 0) is 41.7 Å². The Bertz CT molecular complexity index is 1110. The smallest absolute Gasteiger partial charge is 0.231 e. The summed E-state index contributed by atoms with van der Waals surface area (Å²) in [5, 5.41) is 17.1. The van der Waals surface area contributed by atoms with Crippen molar-refractivity contribution in [3.63, 3.8) is 0 Å². The van der Waals surface area contributed by atoms with Crippen molar-refractivity contribution in [2.24, 2.45) is 0 Å². The number of carboxylic acids is 1. The van der Waals surface area contributed by atoms with E-state index >= 15 is 0 Å². The third-order valence-electron chi connectivity index (χ3n) is 5.62. The average molecular weight is 444 g/mol. The van der Waals surface area contributed by atoms with Crippen LogP contribution in [0.2, 0.25) is 0 Å². The lowest BCUT2D eigenvalue weighted by atomic mass is 9.95. The lowest BCUT2D eigenvalue weighted by Crippen LogP contribution is -2.26. The zero-order valence-corrected chi connectivity index (χ0v) is 18.7. The molecule has 3 rings (SSSR count). The molecular weight excluding hydrogens is 416 g/mol. The minimum atomic E-state index is -1.37. The third-order valence-corrected chi connectivity index (χ3v) is 5.62. The van der Waals surface area contributed by atoms with E-state index in [4.69, 9.17) is 0 Å². The van der Waals surface area contributed by atoms with Crippen LogP contribution >= 0.6 is 0 Å².